The summed E-state index contributed by atoms with van der Waals surface area (Å²) in [7, 11) is 0. The molecule has 1 amide bonds. The highest BCUT2D eigenvalue weighted by atomic mass is 35.5. The zero-order valence-corrected chi connectivity index (χ0v) is 13.5. The molecule has 2 unspecified atom stereocenters. The van der Waals surface area contributed by atoms with Gasteiger partial charge < -0.3 is 11.1 Å². The van der Waals surface area contributed by atoms with Gasteiger partial charge in [-0.3, -0.25) is 9.69 Å². The number of piperidine rings is 1. The Morgan fingerprint density at radius 1 is 1.48 bits per heavy atom. The molecule has 0 aliphatic carbocycles. The van der Waals surface area contributed by atoms with Crippen molar-refractivity contribution in [2.45, 2.75) is 39.2 Å². The van der Waals surface area contributed by atoms with Crippen molar-refractivity contribution in [3.05, 3.63) is 23.2 Å². The maximum Gasteiger partial charge on any atom is 0.225 e. The fraction of sp³-hybridized carbons (Fsp3) is 0.562. The Morgan fingerprint density at radius 3 is 3.00 bits per heavy atom. The van der Waals surface area contributed by atoms with Gasteiger partial charge in [0, 0.05) is 24.0 Å². The highest BCUT2D eigenvalue weighted by Crippen LogP contribution is 2.24. The molecule has 0 bridgehead atoms. The molecule has 1 saturated heterocycles. The topological polar surface area (TPSA) is 58.4 Å². The number of hydrogen-bond acceptors (Lipinski definition) is 3. The van der Waals surface area contributed by atoms with Crippen LogP contribution in [0.2, 0.25) is 5.02 Å². The lowest BCUT2D eigenvalue weighted by atomic mass is 9.92. The third-order valence-corrected chi connectivity index (χ3v) is 4.65. The first kappa shape index (κ1) is 16.1. The fourth-order valence-corrected chi connectivity index (χ4v) is 3.00. The summed E-state index contributed by atoms with van der Waals surface area (Å²) in [5.41, 5.74) is 6.96. The van der Waals surface area contributed by atoms with Gasteiger partial charge in [-0.2, -0.15) is 0 Å². The Morgan fingerprint density at radius 2 is 2.24 bits per heavy atom. The van der Waals surface area contributed by atoms with Crippen molar-refractivity contribution >= 4 is 28.9 Å². The van der Waals surface area contributed by atoms with E-state index in [1.54, 1.807) is 18.2 Å². The van der Waals surface area contributed by atoms with E-state index in [9.17, 15) is 4.79 Å². The Kier molecular flexibility index (Phi) is 5.48. The normalized spacial score (nSPS) is 23.0. The minimum absolute atomic E-state index is 0.0191. The van der Waals surface area contributed by atoms with Crippen molar-refractivity contribution in [1.29, 1.82) is 0 Å². The summed E-state index contributed by atoms with van der Waals surface area (Å²) in [6.45, 7) is 6.40. The van der Waals surface area contributed by atoms with E-state index in [-0.39, 0.29) is 5.91 Å². The Bertz CT molecular complexity index is 506. The minimum atomic E-state index is -0.0191. The minimum Gasteiger partial charge on any atom is -0.397 e. The average molecular weight is 310 g/mol. The van der Waals surface area contributed by atoms with Gasteiger partial charge in [-0.05, 0) is 50.4 Å². The van der Waals surface area contributed by atoms with Crippen LogP contribution in [0.4, 0.5) is 11.4 Å². The van der Waals surface area contributed by atoms with Crippen molar-refractivity contribution < 1.29 is 4.79 Å². The molecule has 21 heavy (non-hydrogen) atoms. The molecule has 1 aliphatic rings. The Balaban J connectivity index is 1.86. The second-order valence-electron chi connectivity index (χ2n) is 5.93. The molecule has 1 aliphatic heterocycles. The number of likely N-dealkylation sites (tertiary alicyclic amines) is 1. The molecule has 0 radical (unpaired) electrons. The second-order valence-corrected chi connectivity index (χ2v) is 6.36. The number of hydrogen-bond donors (Lipinski definition) is 2. The number of nitrogens with two attached hydrogens (primary N) is 1. The predicted octanol–water partition coefficient (Wildman–Crippen LogP) is 3.37. The predicted molar refractivity (Wildman–Crippen MR) is 88.5 cm³/mol. The lowest BCUT2D eigenvalue weighted by Crippen LogP contribution is -2.43. The summed E-state index contributed by atoms with van der Waals surface area (Å²) >= 11 is 5.92. The molecule has 2 atom stereocenters. The van der Waals surface area contributed by atoms with Gasteiger partial charge in [0.25, 0.3) is 0 Å². The number of carbonyl (C=O) groups excluding carboxylic acids is 1. The molecule has 0 saturated carbocycles. The summed E-state index contributed by atoms with van der Waals surface area (Å²) in [5.74, 6) is 0.680. The van der Waals surface area contributed by atoms with E-state index >= 15 is 0 Å². The van der Waals surface area contributed by atoms with Gasteiger partial charge in [-0.25, -0.2) is 0 Å². The van der Waals surface area contributed by atoms with Crippen molar-refractivity contribution in [3.8, 4) is 0 Å². The van der Waals surface area contributed by atoms with Crippen molar-refractivity contribution in [2.24, 2.45) is 5.92 Å². The first-order valence-corrected chi connectivity index (χ1v) is 7.94. The van der Waals surface area contributed by atoms with Crippen LogP contribution < -0.4 is 11.1 Å². The van der Waals surface area contributed by atoms with E-state index in [4.69, 9.17) is 17.3 Å². The number of halogens is 1. The molecule has 5 heteroatoms. The maximum atomic E-state index is 12.1. The largest absolute Gasteiger partial charge is 0.397 e. The van der Waals surface area contributed by atoms with Gasteiger partial charge in [-0.1, -0.05) is 18.5 Å². The molecule has 1 aromatic rings. The summed E-state index contributed by atoms with van der Waals surface area (Å²) in [6.07, 6.45) is 2.97. The Hall–Kier alpha value is -1.26. The average Bonchev–Trinajstić information content (AvgIpc) is 2.44. The van der Waals surface area contributed by atoms with E-state index < -0.39 is 0 Å². The highest BCUT2D eigenvalue weighted by Gasteiger charge is 2.24. The molecule has 1 fully saturated rings. The lowest BCUT2D eigenvalue weighted by Gasteiger charge is -2.37. The van der Waals surface area contributed by atoms with Crippen LogP contribution in [0.15, 0.2) is 18.2 Å². The first-order chi connectivity index (χ1) is 9.97. The number of nitrogen functional groups attached to an aromatic ring is 1. The van der Waals surface area contributed by atoms with Crippen LogP contribution >= 0.6 is 11.6 Å². The molecule has 4 nitrogen and oxygen atoms in total. The van der Waals surface area contributed by atoms with E-state index in [2.05, 4.69) is 24.1 Å². The van der Waals surface area contributed by atoms with E-state index in [1.165, 1.54) is 12.8 Å². The van der Waals surface area contributed by atoms with Crippen LogP contribution in [-0.4, -0.2) is 29.9 Å². The summed E-state index contributed by atoms with van der Waals surface area (Å²) in [4.78, 5) is 14.5. The van der Waals surface area contributed by atoms with Crippen LogP contribution in [0.5, 0.6) is 0 Å². The quantitative estimate of drug-likeness (QED) is 0.838. The summed E-state index contributed by atoms with van der Waals surface area (Å²) < 4.78 is 0. The summed E-state index contributed by atoms with van der Waals surface area (Å²) in [5, 5.41) is 3.41. The van der Waals surface area contributed by atoms with E-state index in [1.807, 2.05) is 0 Å². The van der Waals surface area contributed by atoms with E-state index in [0.29, 0.717) is 34.8 Å². The first-order valence-electron chi connectivity index (χ1n) is 7.56. The van der Waals surface area contributed by atoms with E-state index in [0.717, 1.165) is 13.1 Å². The van der Waals surface area contributed by atoms with Gasteiger partial charge in [0.2, 0.25) is 5.91 Å². The highest BCUT2D eigenvalue weighted by molar-refractivity contribution is 6.31. The number of nitrogens with zero attached hydrogens (tertiary/aromatic N) is 1. The monoisotopic (exact) mass is 309 g/mol. The van der Waals surface area contributed by atoms with Crippen molar-refractivity contribution in [3.63, 3.8) is 0 Å². The summed E-state index contributed by atoms with van der Waals surface area (Å²) in [6, 6.07) is 5.64. The number of amides is 1. The third kappa shape index (κ3) is 4.35. The van der Waals surface area contributed by atoms with Gasteiger partial charge >= 0.3 is 0 Å². The number of nitrogens with one attached hydrogen (secondary N) is 1. The van der Waals surface area contributed by atoms with Crippen LogP contribution in [0, 0.1) is 5.92 Å². The molecule has 116 valence electrons. The third-order valence-electron chi connectivity index (χ3n) is 4.42. The van der Waals surface area contributed by atoms with Gasteiger partial charge in [0.15, 0.2) is 0 Å². The fourth-order valence-electron chi connectivity index (χ4n) is 2.83. The van der Waals surface area contributed by atoms with Crippen molar-refractivity contribution in [1.82, 2.24) is 4.90 Å². The zero-order chi connectivity index (χ0) is 15.4. The molecular weight excluding hydrogens is 286 g/mol. The standard InChI is InChI=1S/C16H24ClN3O/c1-11-4-3-8-20(12(11)2)9-7-16(21)19-15-10-13(17)5-6-14(15)18/h5-6,10-12H,3-4,7-9,18H2,1-2H3,(H,19,21). The molecule has 0 spiro atoms. The van der Waals surface area contributed by atoms with Crippen LogP contribution in [0.1, 0.15) is 33.1 Å². The number of rotatable bonds is 4. The van der Waals surface area contributed by atoms with Crippen molar-refractivity contribution in [2.75, 3.05) is 24.1 Å². The van der Waals surface area contributed by atoms with Gasteiger partial charge in [-0.15, -0.1) is 0 Å². The lowest BCUT2D eigenvalue weighted by molar-refractivity contribution is -0.116. The SMILES string of the molecule is CC1CCCN(CCC(=O)Nc2cc(Cl)ccc2N)C1C. The molecule has 2 rings (SSSR count). The van der Waals surface area contributed by atoms with Crippen LogP contribution in [-0.2, 0) is 4.79 Å². The van der Waals surface area contributed by atoms with Gasteiger partial charge in [0.1, 0.15) is 0 Å². The maximum absolute atomic E-state index is 12.1. The number of benzene rings is 1. The van der Waals surface area contributed by atoms with Crippen LogP contribution in [0.25, 0.3) is 0 Å². The Labute approximate surface area is 131 Å². The molecular formula is C16H24ClN3O. The zero-order valence-electron chi connectivity index (χ0n) is 12.7. The van der Waals surface area contributed by atoms with Crippen LogP contribution in [0.3, 0.4) is 0 Å². The molecule has 1 aromatic carbocycles. The molecule has 1 heterocycles. The molecule has 3 N–H and O–H groups in total. The number of carbonyl (C=O) groups is 1. The molecule has 0 aromatic heterocycles. The smallest absolute Gasteiger partial charge is 0.225 e. The van der Waals surface area contributed by atoms with Gasteiger partial charge in [0.05, 0.1) is 11.4 Å². The number of anilines is 2. The second kappa shape index (κ2) is 7.14.